The molecule has 1 aliphatic carbocycles. The summed E-state index contributed by atoms with van der Waals surface area (Å²) in [5.74, 6) is -4.01. The van der Waals surface area contributed by atoms with Crippen molar-refractivity contribution in [3.05, 3.63) is 64.7 Å². The number of rotatable bonds is 4. The molecule has 0 fully saturated rings. The van der Waals surface area contributed by atoms with Gasteiger partial charge in [0.15, 0.2) is 5.78 Å². The third-order valence-electron chi connectivity index (χ3n) is 5.49. The summed E-state index contributed by atoms with van der Waals surface area (Å²) in [7, 11) is 0. The Labute approximate surface area is 183 Å². The minimum Gasteiger partial charge on any atom is -0.366 e. The van der Waals surface area contributed by atoms with Gasteiger partial charge in [0.05, 0.1) is 27.8 Å². The summed E-state index contributed by atoms with van der Waals surface area (Å²) >= 11 is 1.32. The van der Waals surface area contributed by atoms with Crippen molar-refractivity contribution < 1.29 is 19.2 Å². The molecule has 1 unspecified atom stereocenters. The summed E-state index contributed by atoms with van der Waals surface area (Å²) in [6.45, 7) is 3.60. The van der Waals surface area contributed by atoms with Crippen molar-refractivity contribution in [1.82, 2.24) is 0 Å². The number of nitrogens with two attached hydrogens (primary N) is 1. The molecular formula is C23H21N3O4S. The molecule has 1 heterocycles. The molecule has 2 aromatic carbocycles. The number of nitrogens with one attached hydrogen (secondary N) is 2. The van der Waals surface area contributed by atoms with E-state index in [-0.39, 0.29) is 17.0 Å². The Balaban J connectivity index is 1.62. The van der Waals surface area contributed by atoms with E-state index in [1.807, 2.05) is 24.3 Å². The van der Waals surface area contributed by atoms with Crippen molar-refractivity contribution in [3.8, 4) is 0 Å². The number of Topliss-reactive ketones (excluding diaryl/α,β-unsaturated/α-hetero) is 2. The summed E-state index contributed by atoms with van der Waals surface area (Å²) in [5.41, 5.74) is 6.48. The molecule has 0 bridgehead atoms. The molecule has 7 nitrogen and oxygen atoms in total. The predicted molar refractivity (Wildman–Crippen MR) is 118 cm³/mol. The maximum Gasteiger partial charge on any atom is 0.292 e. The van der Waals surface area contributed by atoms with Gasteiger partial charge in [0.1, 0.15) is 0 Å². The second-order valence-corrected chi connectivity index (χ2v) is 9.27. The Kier molecular flexibility index (Phi) is 5.18. The number of para-hydroxylation sites is 2. The smallest absolute Gasteiger partial charge is 0.292 e. The zero-order valence-electron chi connectivity index (χ0n) is 17.0. The van der Waals surface area contributed by atoms with Crippen molar-refractivity contribution in [2.75, 3.05) is 10.6 Å². The second-order valence-electron chi connectivity index (χ2n) is 8.22. The zero-order valence-corrected chi connectivity index (χ0v) is 17.8. The highest BCUT2D eigenvalue weighted by Gasteiger charge is 2.49. The second kappa shape index (κ2) is 7.70. The maximum atomic E-state index is 13.4. The van der Waals surface area contributed by atoms with Crippen LogP contribution in [0.5, 0.6) is 0 Å². The van der Waals surface area contributed by atoms with Gasteiger partial charge in [0, 0.05) is 10.6 Å². The Morgan fingerprint density at radius 1 is 1.10 bits per heavy atom. The highest BCUT2D eigenvalue weighted by molar-refractivity contribution is 8.04. The van der Waals surface area contributed by atoms with Crippen molar-refractivity contribution in [3.63, 3.8) is 0 Å². The first kappa shape index (κ1) is 20.9. The van der Waals surface area contributed by atoms with Crippen LogP contribution in [0.3, 0.4) is 0 Å². The lowest BCUT2D eigenvalue weighted by atomic mass is 9.67. The van der Waals surface area contributed by atoms with Crippen LogP contribution >= 0.6 is 11.8 Å². The SMILES string of the molecule is CC1(C)CC2=C(Sc3ccccc3N2)C(=O)C1C(=O)C(=O)Nc1ccccc1C(N)=O. The lowest BCUT2D eigenvalue weighted by Gasteiger charge is -2.40. The van der Waals surface area contributed by atoms with Crippen LogP contribution in [0.2, 0.25) is 0 Å². The van der Waals surface area contributed by atoms with Gasteiger partial charge < -0.3 is 16.4 Å². The molecule has 4 rings (SSSR count). The van der Waals surface area contributed by atoms with Crippen molar-refractivity contribution in [2.45, 2.75) is 25.2 Å². The standard InChI is InChI=1S/C23H21N3O4S/c1-23(2)11-15-20(31-16-10-6-5-9-14(16)25-15)18(27)17(23)19(28)22(30)26-13-8-4-3-7-12(13)21(24)29/h3-10,17,25H,11H2,1-2H3,(H2,24,29)(H,26,30). The molecule has 0 saturated carbocycles. The van der Waals surface area contributed by atoms with Gasteiger partial charge in [-0.2, -0.15) is 0 Å². The van der Waals surface area contributed by atoms with Crippen LogP contribution in [-0.4, -0.2) is 23.4 Å². The predicted octanol–water partition coefficient (Wildman–Crippen LogP) is 3.34. The zero-order chi connectivity index (χ0) is 22.3. The molecule has 4 N–H and O–H groups in total. The van der Waals surface area contributed by atoms with E-state index < -0.39 is 28.9 Å². The number of anilines is 2. The van der Waals surface area contributed by atoms with E-state index in [2.05, 4.69) is 10.6 Å². The number of fused-ring (bicyclic) bond motifs is 1. The first-order valence-corrected chi connectivity index (χ1v) is 10.6. The van der Waals surface area contributed by atoms with E-state index in [1.54, 1.807) is 26.0 Å². The number of thioether (sulfide) groups is 1. The summed E-state index contributed by atoms with van der Waals surface area (Å²) < 4.78 is 0. The number of amides is 2. The molecule has 2 aliphatic rings. The van der Waals surface area contributed by atoms with Gasteiger partial charge in [0.2, 0.25) is 5.78 Å². The fourth-order valence-corrected chi connectivity index (χ4v) is 5.07. The third-order valence-corrected chi connectivity index (χ3v) is 6.71. The highest BCUT2D eigenvalue weighted by Crippen LogP contribution is 2.50. The summed E-state index contributed by atoms with van der Waals surface area (Å²) in [4.78, 5) is 52.2. The van der Waals surface area contributed by atoms with Gasteiger partial charge in [-0.25, -0.2) is 0 Å². The Bertz CT molecular complexity index is 1170. The molecular weight excluding hydrogens is 414 g/mol. The number of carbonyl (C=O) groups is 4. The molecule has 8 heteroatoms. The number of primary amides is 1. The minimum atomic E-state index is -1.13. The quantitative estimate of drug-likeness (QED) is 0.501. The van der Waals surface area contributed by atoms with E-state index in [9.17, 15) is 19.2 Å². The molecule has 158 valence electrons. The molecule has 0 radical (unpaired) electrons. The van der Waals surface area contributed by atoms with Crippen LogP contribution in [0, 0.1) is 11.3 Å². The number of carbonyl (C=O) groups excluding carboxylic acids is 4. The lowest BCUT2D eigenvalue weighted by Crippen LogP contribution is -2.47. The molecule has 2 amide bonds. The Morgan fingerprint density at radius 3 is 2.52 bits per heavy atom. The number of allylic oxidation sites excluding steroid dienone is 2. The number of ketones is 2. The van der Waals surface area contributed by atoms with Gasteiger partial charge in [-0.3, -0.25) is 19.2 Å². The number of hydrogen-bond donors (Lipinski definition) is 3. The number of hydrogen-bond acceptors (Lipinski definition) is 6. The molecule has 0 aromatic heterocycles. The molecule has 31 heavy (non-hydrogen) atoms. The fourth-order valence-electron chi connectivity index (χ4n) is 4.01. The highest BCUT2D eigenvalue weighted by atomic mass is 32.2. The summed E-state index contributed by atoms with van der Waals surface area (Å²) in [5, 5.41) is 5.76. The van der Waals surface area contributed by atoms with Gasteiger partial charge in [-0.1, -0.05) is 49.9 Å². The van der Waals surface area contributed by atoms with E-state index in [4.69, 9.17) is 5.73 Å². The van der Waals surface area contributed by atoms with Crippen LogP contribution in [0.25, 0.3) is 0 Å². The Morgan fingerprint density at radius 2 is 1.77 bits per heavy atom. The van der Waals surface area contributed by atoms with Gasteiger partial charge in [0.25, 0.3) is 11.8 Å². The van der Waals surface area contributed by atoms with Crippen LogP contribution < -0.4 is 16.4 Å². The van der Waals surface area contributed by atoms with Gasteiger partial charge >= 0.3 is 0 Å². The normalized spacial score (nSPS) is 19.0. The van der Waals surface area contributed by atoms with E-state index >= 15 is 0 Å². The monoisotopic (exact) mass is 435 g/mol. The van der Waals surface area contributed by atoms with Crippen LogP contribution in [0.4, 0.5) is 11.4 Å². The largest absolute Gasteiger partial charge is 0.366 e. The van der Waals surface area contributed by atoms with Crippen molar-refractivity contribution >= 4 is 46.5 Å². The average Bonchev–Trinajstić information content (AvgIpc) is 2.72. The van der Waals surface area contributed by atoms with Crippen LogP contribution in [-0.2, 0) is 14.4 Å². The summed E-state index contributed by atoms with van der Waals surface area (Å²) in [6, 6.07) is 13.8. The minimum absolute atomic E-state index is 0.0894. The molecule has 2 aromatic rings. The molecule has 1 aliphatic heterocycles. The maximum absolute atomic E-state index is 13.4. The van der Waals surface area contributed by atoms with E-state index in [0.29, 0.717) is 11.3 Å². The van der Waals surface area contributed by atoms with Crippen molar-refractivity contribution in [1.29, 1.82) is 0 Å². The first-order valence-electron chi connectivity index (χ1n) is 9.74. The van der Waals surface area contributed by atoms with E-state index in [1.165, 1.54) is 23.9 Å². The molecule has 0 spiro atoms. The first-order chi connectivity index (χ1) is 14.7. The van der Waals surface area contributed by atoms with Crippen LogP contribution in [0.1, 0.15) is 30.6 Å². The fraction of sp³-hybridized carbons (Fsp3) is 0.217. The van der Waals surface area contributed by atoms with Crippen molar-refractivity contribution in [2.24, 2.45) is 17.1 Å². The summed E-state index contributed by atoms with van der Waals surface area (Å²) in [6.07, 6.45) is 0.441. The lowest BCUT2D eigenvalue weighted by molar-refractivity contribution is -0.144. The average molecular weight is 436 g/mol. The number of benzene rings is 2. The van der Waals surface area contributed by atoms with Crippen LogP contribution in [0.15, 0.2) is 64.0 Å². The topological polar surface area (TPSA) is 118 Å². The van der Waals surface area contributed by atoms with Gasteiger partial charge in [-0.15, -0.1) is 0 Å². The van der Waals surface area contributed by atoms with E-state index in [0.717, 1.165) is 16.3 Å². The Hall–Kier alpha value is -3.39. The molecule has 1 atom stereocenters. The third kappa shape index (κ3) is 3.74. The molecule has 0 saturated heterocycles. The van der Waals surface area contributed by atoms with Gasteiger partial charge in [-0.05, 0) is 36.1 Å².